The van der Waals surface area contributed by atoms with Gasteiger partial charge in [0.2, 0.25) is 0 Å². The Morgan fingerprint density at radius 2 is 1.80 bits per heavy atom. The lowest BCUT2D eigenvalue weighted by Crippen LogP contribution is -2.19. The van der Waals surface area contributed by atoms with Gasteiger partial charge in [-0.15, -0.1) is 12.4 Å². The van der Waals surface area contributed by atoms with E-state index in [9.17, 15) is 13.9 Å². The van der Waals surface area contributed by atoms with Gasteiger partial charge in [0.15, 0.2) is 0 Å². The van der Waals surface area contributed by atoms with Crippen LogP contribution in [0.5, 0.6) is 5.75 Å². The molecule has 1 aromatic rings. The summed E-state index contributed by atoms with van der Waals surface area (Å²) in [5.74, 6) is -0.494. The maximum atomic E-state index is 12.2. The van der Waals surface area contributed by atoms with E-state index in [0.717, 1.165) is 0 Å². The second-order valence-electron chi connectivity index (χ2n) is 2.66. The van der Waals surface area contributed by atoms with Crippen LogP contribution in [0.15, 0.2) is 12.1 Å². The van der Waals surface area contributed by atoms with Crippen molar-refractivity contribution in [1.29, 1.82) is 0 Å². The predicted octanol–water partition coefficient (Wildman–Crippen LogP) is 3.39. The molecule has 0 unspecified atom stereocenters. The largest absolute Gasteiger partial charge is 0.506 e. The molecule has 1 atom stereocenters. The van der Waals surface area contributed by atoms with E-state index in [2.05, 4.69) is 0 Å². The number of hydrogen-bond acceptors (Lipinski definition) is 2. The highest BCUT2D eigenvalue weighted by Gasteiger charge is 2.22. The lowest BCUT2D eigenvalue weighted by molar-refractivity contribution is 0.115. The number of phenols is 1. The second kappa shape index (κ2) is 5.70. The van der Waals surface area contributed by atoms with Crippen LogP contribution in [0.1, 0.15) is 11.6 Å². The van der Waals surface area contributed by atoms with Gasteiger partial charge < -0.3 is 10.8 Å². The SMILES string of the molecule is Cl.N[C@H](c1ccc(Cl)c(Cl)c1O)C(F)F. The summed E-state index contributed by atoms with van der Waals surface area (Å²) in [7, 11) is 0. The fourth-order valence-corrected chi connectivity index (χ4v) is 1.28. The van der Waals surface area contributed by atoms with Crippen molar-refractivity contribution in [1.82, 2.24) is 0 Å². The summed E-state index contributed by atoms with van der Waals surface area (Å²) in [5, 5.41) is 9.29. The molecule has 0 aliphatic rings. The van der Waals surface area contributed by atoms with Gasteiger partial charge in [-0.1, -0.05) is 29.3 Å². The molecule has 0 saturated carbocycles. The minimum Gasteiger partial charge on any atom is -0.506 e. The lowest BCUT2D eigenvalue weighted by atomic mass is 10.1. The minimum absolute atomic E-state index is 0. The van der Waals surface area contributed by atoms with E-state index in [4.69, 9.17) is 28.9 Å². The van der Waals surface area contributed by atoms with Crippen molar-refractivity contribution in [2.45, 2.75) is 12.5 Å². The molecule has 0 spiro atoms. The third kappa shape index (κ3) is 3.08. The number of rotatable bonds is 2. The number of alkyl halides is 2. The molecular formula is C8H8Cl3F2NO. The zero-order chi connectivity index (χ0) is 10.9. The van der Waals surface area contributed by atoms with E-state index in [0.29, 0.717) is 0 Å². The molecule has 0 aromatic heterocycles. The summed E-state index contributed by atoms with van der Waals surface area (Å²) in [6.45, 7) is 0. The number of halogens is 5. The molecule has 2 nitrogen and oxygen atoms in total. The van der Waals surface area contributed by atoms with Gasteiger partial charge in [-0.25, -0.2) is 8.78 Å². The molecule has 0 bridgehead atoms. The molecule has 0 aliphatic heterocycles. The van der Waals surface area contributed by atoms with Gasteiger partial charge in [0, 0.05) is 5.56 Å². The van der Waals surface area contributed by atoms with Crippen molar-refractivity contribution in [3.8, 4) is 5.75 Å². The number of hydrogen-bond donors (Lipinski definition) is 2. The van der Waals surface area contributed by atoms with Crippen LogP contribution in [-0.2, 0) is 0 Å². The summed E-state index contributed by atoms with van der Waals surface area (Å²) in [5.41, 5.74) is 5.03. The number of benzene rings is 1. The Balaban J connectivity index is 0.00000196. The van der Waals surface area contributed by atoms with Gasteiger partial charge in [0.1, 0.15) is 10.8 Å². The Morgan fingerprint density at radius 3 is 2.27 bits per heavy atom. The van der Waals surface area contributed by atoms with Crippen LogP contribution < -0.4 is 5.73 Å². The maximum Gasteiger partial charge on any atom is 0.257 e. The van der Waals surface area contributed by atoms with Crippen molar-refractivity contribution in [3.63, 3.8) is 0 Å². The number of aromatic hydroxyl groups is 1. The summed E-state index contributed by atoms with van der Waals surface area (Å²) >= 11 is 11.1. The number of phenolic OH excluding ortho intramolecular Hbond substituents is 1. The van der Waals surface area contributed by atoms with Crippen LogP contribution in [0.4, 0.5) is 8.78 Å². The summed E-state index contributed by atoms with van der Waals surface area (Å²) in [4.78, 5) is 0. The van der Waals surface area contributed by atoms with Crippen LogP contribution in [0.25, 0.3) is 0 Å². The van der Waals surface area contributed by atoms with Crippen LogP contribution in [0.2, 0.25) is 10.0 Å². The highest BCUT2D eigenvalue weighted by molar-refractivity contribution is 6.43. The van der Waals surface area contributed by atoms with E-state index >= 15 is 0 Å². The normalized spacial score (nSPS) is 12.4. The zero-order valence-corrected chi connectivity index (χ0v) is 9.58. The highest BCUT2D eigenvalue weighted by Crippen LogP contribution is 2.37. The van der Waals surface area contributed by atoms with E-state index in [-0.39, 0.29) is 28.0 Å². The molecule has 0 radical (unpaired) electrons. The fourth-order valence-electron chi connectivity index (χ4n) is 0.960. The predicted molar refractivity (Wildman–Crippen MR) is 58.3 cm³/mol. The topological polar surface area (TPSA) is 46.2 Å². The second-order valence-corrected chi connectivity index (χ2v) is 3.44. The van der Waals surface area contributed by atoms with Crippen LogP contribution in [0.3, 0.4) is 0 Å². The first kappa shape index (κ1) is 14.7. The first-order chi connectivity index (χ1) is 6.45. The van der Waals surface area contributed by atoms with Gasteiger partial charge in [-0.05, 0) is 6.07 Å². The zero-order valence-electron chi connectivity index (χ0n) is 7.25. The van der Waals surface area contributed by atoms with Crippen molar-refractivity contribution < 1.29 is 13.9 Å². The van der Waals surface area contributed by atoms with Gasteiger partial charge in [0.25, 0.3) is 6.43 Å². The van der Waals surface area contributed by atoms with Gasteiger partial charge in [-0.2, -0.15) is 0 Å². The van der Waals surface area contributed by atoms with E-state index in [1.807, 2.05) is 0 Å². The van der Waals surface area contributed by atoms with Gasteiger partial charge >= 0.3 is 0 Å². The van der Waals surface area contributed by atoms with E-state index < -0.39 is 18.2 Å². The Morgan fingerprint density at radius 1 is 1.27 bits per heavy atom. The van der Waals surface area contributed by atoms with Crippen molar-refractivity contribution in [3.05, 3.63) is 27.7 Å². The van der Waals surface area contributed by atoms with Gasteiger partial charge in [0.05, 0.1) is 11.1 Å². The van der Waals surface area contributed by atoms with Crippen LogP contribution >= 0.6 is 35.6 Å². The molecule has 15 heavy (non-hydrogen) atoms. The molecular weight excluding hydrogens is 270 g/mol. The van der Waals surface area contributed by atoms with E-state index in [1.54, 1.807) is 0 Å². The molecule has 0 saturated heterocycles. The third-order valence-electron chi connectivity index (χ3n) is 1.73. The van der Waals surface area contributed by atoms with Crippen LogP contribution in [-0.4, -0.2) is 11.5 Å². The number of nitrogens with two attached hydrogens (primary N) is 1. The fraction of sp³-hybridized carbons (Fsp3) is 0.250. The van der Waals surface area contributed by atoms with Crippen molar-refractivity contribution in [2.75, 3.05) is 0 Å². The quantitative estimate of drug-likeness (QED) is 0.871. The first-order valence-electron chi connectivity index (χ1n) is 3.65. The first-order valence-corrected chi connectivity index (χ1v) is 4.41. The monoisotopic (exact) mass is 277 g/mol. The Kier molecular flexibility index (Phi) is 5.59. The molecule has 0 fully saturated rings. The molecule has 3 N–H and O–H groups in total. The Hall–Kier alpha value is -0.290. The molecule has 0 aliphatic carbocycles. The molecule has 7 heteroatoms. The standard InChI is InChI=1S/C8H7Cl2F2NO.ClH/c9-4-2-1-3(6(13)8(11)12)7(14)5(4)10;/h1-2,6,8,14H,13H2;1H/t6-;/m1./s1. The average Bonchev–Trinajstić information content (AvgIpc) is 2.13. The lowest BCUT2D eigenvalue weighted by Gasteiger charge is -2.13. The average molecular weight is 279 g/mol. The van der Waals surface area contributed by atoms with Crippen LogP contribution in [0, 0.1) is 0 Å². The molecule has 86 valence electrons. The van der Waals surface area contributed by atoms with Crippen molar-refractivity contribution in [2.24, 2.45) is 5.73 Å². The van der Waals surface area contributed by atoms with E-state index in [1.165, 1.54) is 12.1 Å². The molecule has 1 rings (SSSR count). The molecule has 0 heterocycles. The van der Waals surface area contributed by atoms with Gasteiger partial charge in [-0.3, -0.25) is 0 Å². The molecule has 1 aromatic carbocycles. The Bertz CT molecular complexity index is 349. The molecule has 0 amide bonds. The summed E-state index contributed by atoms with van der Waals surface area (Å²) < 4.78 is 24.4. The summed E-state index contributed by atoms with van der Waals surface area (Å²) in [6.07, 6.45) is -2.77. The summed E-state index contributed by atoms with van der Waals surface area (Å²) in [6, 6.07) is 0.964. The minimum atomic E-state index is -2.77. The van der Waals surface area contributed by atoms with Crippen molar-refractivity contribution >= 4 is 35.6 Å². The maximum absolute atomic E-state index is 12.2. The third-order valence-corrected chi connectivity index (χ3v) is 2.53. The smallest absolute Gasteiger partial charge is 0.257 e. The Labute approximate surface area is 101 Å². The highest BCUT2D eigenvalue weighted by atomic mass is 35.5.